The Morgan fingerprint density at radius 2 is 1.88 bits per heavy atom. The van der Waals surface area contributed by atoms with Crippen molar-refractivity contribution in [3.05, 3.63) is 24.3 Å². The fourth-order valence-corrected chi connectivity index (χ4v) is 2.91. The van der Waals surface area contributed by atoms with Crippen LogP contribution in [0.1, 0.15) is 20.8 Å². The van der Waals surface area contributed by atoms with Crippen LogP contribution >= 0.6 is 11.8 Å². The summed E-state index contributed by atoms with van der Waals surface area (Å²) in [5.41, 5.74) is 0.573. The summed E-state index contributed by atoms with van der Waals surface area (Å²) in [6.45, 7) is 4.04. The van der Waals surface area contributed by atoms with Gasteiger partial charge in [-0.05, 0) is 45.0 Å². The summed E-state index contributed by atoms with van der Waals surface area (Å²) in [5, 5.41) is 7.77. The highest BCUT2D eigenvalue weighted by Crippen LogP contribution is 2.28. The molecule has 0 bridgehead atoms. The summed E-state index contributed by atoms with van der Waals surface area (Å²) in [4.78, 5) is 14.0. The van der Waals surface area contributed by atoms with Crippen molar-refractivity contribution in [3.63, 3.8) is 0 Å². The number of ether oxygens (including phenoxy) is 1. The quantitative estimate of drug-likeness (QED) is 0.659. The van der Waals surface area contributed by atoms with Gasteiger partial charge in [-0.3, -0.25) is 4.79 Å². The Morgan fingerprint density at radius 1 is 1.24 bits per heavy atom. The molecule has 1 aromatic carbocycles. The van der Waals surface area contributed by atoms with Gasteiger partial charge >= 0.3 is 6.61 Å². The summed E-state index contributed by atoms with van der Waals surface area (Å²) in [6.07, 6.45) is 0. The molecule has 0 saturated heterocycles. The molecule has 2 rings (SSSR count). The van der Waals surface area contributed by atoms with E-state index in [2.05, 4.69) is 14.9 Å². The van der Waals surface area contributed by atoms with Crippen LogP contribution in [0.2, 0.25) is 0 Å². The monoisotopic (exact) mass is 371 g/mol. The first-order chi connectivity index (χ1) is 11.9. The molecule has 1 amide bonds. The SMILES string of the molecule is CCN(CC)C(=O)C(C)Sc1nnc(-c2ccc(OC(F)F)cc2)o1. The van der Waals surface area contributed by atoms with Crippen molar-refractivity contribution in [3.8, 4) is 17.2 Å². The number of nitrogens with zero attached hydrogens (tertiary/aromatic N) is 3. The second kappa shape index (κ2) is 8.80. The third kappa shape index (κ3) is 5.15. The molecule has 136 valence electrons. The molecule has 25 heavy (non-hydrogen) atoms. The maximum absolute atomic E-state index is 12.3. The number of alkyl halides is 2. The number of aromatic nitrogens is 2. The Bertz CT molecular complexity index is 690. The molecule has 1 heterocycles. The zero-order valence-electron chi connectivity index (χ0n) is 14.1. The zero-order valence-corrected chi connectivity index (χ0v) is 14.9. The minimum atomic E-state index is -2.87. The number of hydrogen-bond donors (Lipinski definition) is 0. The predicted molar refractivity (Wildman–Crippen MR) is 89.6 cm³/mol. The number of benzene rings is 1. The van der Waals surface area contributed by atoms with Crippen molar-refractivity contribution in [2.24, 2.45) is 0 Å². The minimum Gasteiger partial charge on any atom is -0.435 e. The number of hydrogen-bond acceptors (Lipinski definition) is 6. The minimum absolute atomic E-state index is 0.00301. The van der Waals surface area contributed by atoms with Crippen molar-refractivity contribution < 1.29 is 22.7 Å². The average Bonchev–Trinajstić information content (AvgIpc) is 3.04. The largest absolute Gasteiger partial charge is 0.435 e. The van der Waals surface area contributed by atoms with E-state index in [0.717, 1.165) is 0 Å². The number of carbonyl (C=O) groups is 1. The normalized spacial score (nSPS) is 12.2. The molecule has 9 heteroatoms. The van der Waals surface area contributed by atoms with Crippen molar-refractivity contribution >= 4 is 17.7 Å². The van der Waals surface area contributed by atoms with Crippen LogP contribution in [0, 0.1) is 0 Å². The fraction of sp³-hybridized carbons (Fsp3) is 0.438. The van der Waals surface area contributed by atoms with Gasteiger partial charge in [-0.2, -0.15) is 8.78 Å². The molecule has 0 aliphatic rings. The van der Waals surface area contributed by atoms with E-state index in [1.807, 2.05) is 13.8 Å². The molecular weight excluding hydrogens is 352 g/mol. The summed E-state index contributed by atoms with van der Waals surface area (Å²) in [6, 6.07) is 5.88. The van der Waals surface area contributed by atoms with Gasteiger partial charge in [-0.25, -0.2) is 0 Å². The molecule has 1 atom stereocenters. The lowest BCUT2D eigenvalue weighted by atomic mass is 10.2. The lowest BCUT2D eigenvalue weighted by molar-refractivity contribution is -0.129. The van der Waals surface area contributed by atoms with E-state index in [1.54, 1.807) is 24.0 Å². The first-order valence-electron chi connectivity index (χ1n) is 7.78. The maximum Gasteiger partial charge on any atom is 0.387 e. The van der Waals surface area contributed by atoms with Crippen LogP contribution < -0.4 is 4.74 Å². The van der Waals surface area contributed by atoms with E-state index in [4.69, 9.17) is 4.42 Å². The molecule has 0 fully saturated rings. The summed E-state index contributed by atoms with van der Waals surface area (Å²) in [7, 11) is 0. The number of halogens is 2. The number of rotatable bonds is 8. The highest BCUT2D eigenvalue weighted by molar-refractivity contribution is 8.00. The Balaban J connectivity index is 2.03. The van der Waals surface area contributed by atoms with E-state index < -0.39 is 6.61 Å². The molecule has 0 saturated carbocycles. The van der Waals surface area contributed by atoms with Gasteiger partial charge in [-0.1, -0.05) is 11.8 Å². The van der Waals surface area contributed by atoms with Crippen molar-refractivity contribution in [1.82, 2.24) is 15.1 Å². The van der Waals surface area contributed by atoms with E-state index in [1.165, 1.54) is 23.9 Å². The molecule has 2 aromatic rings. The van der Waals surface area contributed by atoms with Gasteiger partial charge in [0.1, 0.15) is 5.75 Å². The summed E-state index contributed by atoms with van der Waals surface area (Å²) < 4.78 is 34.1. The van der Waals surface area contributed by atoms with Gasteiger partial charge in [0, 0.05) is 18.7 Å². The maximum atomic E-state index is 12.3. The molecule has 0 aliphatic heterocycles. The van der Waals surface area contributed by atoms with Crippen molar-refractivity contribution in [2.75, 3.05) is 13.1 Å². The smallest absolute Gasteiger partial charge is 0.387 e. The van der Waals surface area contributed by atoms with E-state index >= 15 is 0 Å². The van der Waals surface area contributed by atoms with Gasteiger partial charge in [-0.15, -0.1) is 10.2 Å². The van der Waals surface area contributed by atoms with Crippen LogP contribution in [0.4, 0.5) is 8.78 Å². The van der Waals surface area contributed by atoms with E-state index in [9.17, 15) is 13.6 Å². The van der Waals surface area contributed by atoms with Gasteiger partial charge in [0.25, 0.3) is 5.22 Å². The van der Waals surface area contributed by atoms with Crippen LogP contribution in [0.3, 0.4) is 0 Å². The Labute approximate surface area is 148 Å². The summed E-state index contributed by atoms with van der Waals surface area (Å²) >= 11 is 1.18. The highest BCUT2D eigenvalue weighted by Gasteiger charge is 2.22. The second-order valence-corrected chi connectivity index (χ2v) is 6.34. The number of amides is 1. The molecule has 0 radical (unpaired) electrons. The summed E-state index contributed by atoms with van der Waals surface area (Å²) in [5.74, 6) is 0.295. The van der Waals surface area contributed by atoms with Crippen LogP contribution in [0.5, 0.6) is 5.75 Å². The first kappa shape index (κ1) is 19.2. The average molecular weight is 371 g/mol. The van der Waals surface area contributed by atoms with E-state index in [-0.39, 0.29) is 28.0 Å². The molecular formula is C16H19F2N3O3S. The zero-order chi connectivity index (χ0) is 18.4. The molecule has 0 N–H and O–H groups in total. The Hall–Kier alpha value is -2.16. The third-order valence-electron chi connectivity index (χ3n) is 3.43. The second-order valence-electron chi connectivity index (χ2n) is 5.05. The lowest BCUT2D eigenvalue weighted by Gasteiger charge is -2.21. The van der Waals surface area contributed by atoms with Gasteiger partial charge in [0.2, 0.25) is 11.8 Å². The van der Waals surface area contributed by atoms with E-state index in [0.29, 0.717) is 18.7 Å². The van der Waals surface area contributed by atoms with Crippen LogP contribution in [0.15, 0.2) is 33.9 Å². The molecule has 1 aromatic heterocycles. The molecule has 1 unspecified atom stereocenters. The van der Waals surface area contributed by atoms with Gasteiger partial charge < -0.3 is 14.1 Å². The van der Waals surface area contributed by atoms with Crippen molar-refractivity contribution in [2.45, 2.75) is 37.9 Å². The van der Waals surface area contributed by atoms with Crippen LogP contribution in [-0.2, 0) is 4.79 Å². The fourth-order valence-electron chi connectivity index (χ4n) is 2.15. The van der Waals surface area contributed by atoms with Gasteiger partial charge in [0.05, 0.1) is 5.25 Å². The highest BCUT2D eigenvalue weighted by atomic mass is 32.2. The van der Waals surface area contributed by atoms with Crippen molar-refractivity contribution in [1.29, 1.82) is 0 Å². The lowest BCUT2D eigenvalue weighted by Crippen LogP contribution is -2.36. The van der Waals surface area contributed by atoms with Gasteiger partial charge in [0.15, 0.2) is 0 Å². The predicted octanol–water partition coefficient (Wildman–Crippen LogP) is 3.69. The molecule has 0 aliphatic carbocycles. The first-order valence-corrected chi connectivity index (χ1v) is 8.66. The Morgan fingerprint density at radius 3 is 2.44 bits per heavy atom. The third-order valence-corrected chi connectivity index (χ3v) is 4.36. The molecule has 0 spiro atoms. The number of thioether (sulfide) groups is 1. The van der Waals surface area contributed by atoms with Crippen LogP contribution in [0.25, 0.3) is 11.5 Å². The topological polar surface area (TPSA) is 68.5 Å². The Kier molecular flexibility index (Phi) is 6.74. The molecule has 6 nitrogen and oxygen atoms in total. The van der Waals surface area contributed by atoms with Crippen LogP contribution in [-0.4, -0.2) is 46.0 Å². The standard InChI is InChI=1S/C16H19F2N3O3S/c1-4-21(5-2)14(22)10(3)25-16-20-19-13(24-16)11-6-8-12(9-7-11)23-15(17)18/h6-10,15H,4-5H2,1-3H3. The number of carbonyl (C=O) groups excluding carboxylic acids is 1.